The molecule has 27 heavy (non-hydrogen) atoms. The average molecular weight is 359 g/mol. The van der Waals surface area contributed by atoms with Crippen LogP contribution >= 0.6 is 0 Å². The molecule has 1 heterocycles. The maximum atomic E-state index is 13.3. The van der Waals surface area contributed by atoms with Crippen molar-refractivity contribution in [1.29, 1.82) is 10.5 Å². The van der Waals surface area contributed by atoms with Crippen LogP contribution in [0.2, 0.25) is 0 Å². The fraction of sp³-hybridized carbons (Fsp3) is 0.238. The molecule has 0 saturated heterocycles. The lowest BCUT2D eigenvalue weighted by atomic mass is 9.72. The summed E-state index contributed by atoms with van der Waals surface area (Å²) in [4.78, 5) is 26.4. The zero-order chi connectivity index (χ0) is 19.8. The fourth-order valence-electron chi connectivity index (χ4n) is 3.58. The largest absolute Gasteiger partial charge is 0.480 e. The number of carboxylic acids is 1. The quantitative estimate of drug-likeness (QED) is 0.903. The van der Waals surface area contributed by atoms with E-state index in [0.717, 1.165) is 16.7 Å². The Kier molecular flexibility index (Phi) is 4.43. The monoisotopic (exact) mass is 359 g/mol. The number of hydrogen-bond acceptors (Lipinski definition) is 4. The summed E-state index contributed by atoms with van der Waals surface area (Å²) in [6, 6.07) is 16.1. The predicted octanol–water partition coefficient (Wildman–Crippen LogP) is 2.84. The third kappa shape index (κ3) is 2.63. The summed E-state index contributed by atoms with van der Waals surface area (Å²) in [7, 11) is 0. The lowest BCUT2D eigenvalue weighted by Crippen LogP contribution is -2.47. The summed E-state index contributed by atoms with van der Waals surface area (Å²) in [5.41, 5.74) is 1.38. The zero-order valence-corrected chi connectivity index (χ0v) is 14.9. The number of para-hydroxylation sites is 1. The average Bonchev–Trinajstić information content (AvgIpc) is 2.88. The highest BCUT2D eigenvalue weighted by atomic mass is 16.4. The van der Waals surface area contributed by atoms with E-state index < -0.39 is 23.2 Å². The SMILES string of the molecule is Cc1ccc(CN2C(=O)C(C#N)(C(C#N)C(=O)O)c3cccc(C)c32)cc1. The number of benzene rings is 2. The third-order valence-corrected chi connectivity index (χ3v) is 4.96. The number of carboxylic acid groups (broad SMARTS) is 1. The first-order valence-electron chi connectivity index (χ1n) is 8.38. The van der Waals surface area contributed by atoms with Crippen molar-refractivity contribution in [3.05, 3.63) is 64.7 Å². The van der Waals surface area contributed by atoms with Gasteiger partial charge < -0.3 is 10.0 Å². The summed E-state index contributed by atoms with van der Waals surface area (Å²) in [6.45, 7) is 3.94. The number of nitriles is 2. The van der Waals surface area contributed by atoms with Crippen LogP contribution < -0.4 is 4.90 Å². The van der Waals surface area contributed by atoms with Crippen LogP contribution in [0.15, 0.2) is 42.5 Å². The highest BCUT2D eigenvalue weighted by Gasteiger charge is 2.59. The second-order valence-electron chi connectivity index (χ2n) is 6.67. The Hall–Kier alpha value is -3.64. The lowest BCUT2D eigenvalue weighted by molar-refractivity contribution is -0.143. The minimum absolute atomic E-state index is 0.193. The van der Waals surface area contributed by atoms with Gasteiger partial charge in [-0.2, -0.15) is 10.5 Å². The molecule has 2 unspecified atom stereocenters. The van der Waals surface area contributed by atoms with E-state index in [-0.39, 0.29) is 12.1 Å². The summed E-state index contributed by atoms with van der Waals surface area (Å²) >= 11 is 0. The number of aryl methyl sites for hydroxylation is 2. The molecule has 2 aromatic carbocycles. The molecule has 1 amide bonds. The van der Waals surface area contributed by atoms with Gasteiger partial charge in [-0.1, -0.05) is 48.0 Å². The van der Waals surface area contributed by atoms with E-state index in [2.05, 4.69) is 0 Å². The molecule has 3 rings (SSSR count). The molecule has 1 N–H and O–H groups in total. The van der Waals surface area contributed by atoms with Crippen LogP contribution in [0, 0.1) is 42.4 Å². The second-order valence-corrected chi connectivity index (χ2v) is 6.67. The number of rotatable bonds is 4. The normalized spacial score (nSPS) is 19.1. The van der Waals surface area contributed by atoms with E-state index in [1.165, 1.54) is 4.90 Å². The van der Waals surface area contributed by atoms with Crippen molar-refractivity contribution in [2.45, 2.75) is 25.8 Å². The Labute approximate surface area is 156 Å². The van der Waals surface area contributed by atoms with Crippen LogP contribution in [0.1, 0.15) is 22.3 Å². The maximum Gasteiger partial charge on any atom is 0.323 e. The van der Waals surface area contributed by atoms with Gasteiger partial charge in [-0.05, 0) is 25.0 Å². The van der Waals surface area contributed by atoms with Gasteiger partial charge in [0.25, 0.3) is 5.91 Å². The number of anilines is 1. The number of amides is 1. The number of carbonyl (C=O) groups excluding carboxylic acids is 1. The number of aliphatic carboxylic acids is 1. The van der Waals surface area contributed by atoms with Gasteiger partial charge in [0.05, 0.1) is 24.4 Å². The molecular formula is C21H17N3O3. The molecule has 134 valence electrons. The number of hydrogen-bond donors (Lipinski definition) is 1. The van der Waals surface area contributed by atoms with E-state index in [1.54, 1.807) is 31.2 Å². The van der Waals surface area contributed by atoms with Gasteiger partial charge in [0, 0.05) is 5.56 Å². The van der Waals surface area contributed by atoms with Crippen LogP contribution in [0.4, 0.5) is 5.69 Å². The molecular weight excluding hydrogens is 342 g/mol. The smallest absolute Gasteiger partial charge is 0.323 e. The summed E-state index contributed by atoms with van der Waals surface area (Å²) in [5.74, 6) is -3.96. The van der Waals surface area contributed by atoms with Crippen LogP contribution in [-0.2, 0) is 21.5 Å². The molecule has 0 radical (unpaired) electrons. The molecule has 6 heteroatoms. The van der Waals surface area contributed by atoms with Crippen molar-refractivity contribution in [3.8, 4) is 12.1 Å². The highest BCUT2D eigenvalue weighted by Crippen LogP contribution is 2.48. The highest BCUT2D eigenvalue weighted by molar-refractivity contribution is 6.13. The molecule has 6 nitrogen and oxygen atoms in total. The Morgan fingerprint density at radius 2 is 1.85 bits per heavy atom. The van der Waals surface area contributed by atoms with Crippen molar-refractivity contribution in [2.24, 2.45) is 5.92 Å². The van der Waals surface area contributed by atoms with Gasteiger partial charge >= 0.3 is 5.97 Å². The van der Waals surface area contributed by atoms with E-state index >= 15 is 0 Å². The van der Waals surface area contributed by atoms with E-state index in [1.807, 2.05) is 37.3 Å². The topological polar surface area (TPSA) is 105 Å². The molecule has 0 saturated carbocycles. The molecule has 0 fully saturated rings. The fourth-order valence-corrected chi connectivity index (χ4v) is 3.58. The molecule has 0 bridgehead atoms. The predicted molar refractivity (Wildman–Crippen MR) is 97.6 cm³/mol. The Bertz CT molecular complexity index is 1010. The number of nitrogens with zero attached hydrogens (tertiary/aromatic N) is 3. The van der Waals surface area contributed by atoms with E-state index in [9.17, 15) is 25.2 Å². The minimum atomic E-state index is -2.06. The number of carbonyl (C=O) groups is 2. The van der Waals surface area contributed by atoms with Gasteiger partial charge in [-0.3, -0.25) is 9.59 Å². The Balaban J connectivity index is 2.20. The molecule has 2 aromatic rings. The van der Waals surface area contributed by atoms with Crippen LogP contribution in [0.25, 0.3) is 0 Å². The van der Waals surface area contributed by atoms with Gasteiger partial charge in [0.2, 0.25) is 0 Å². The minimum Gasteiger partial charge on any atom is -0.480 e. The van der Waals surface area contributed by atoms with Gasteiger partial charge in [-0.25, -0.2) is 0 Å². The van der Waals surface area contributed by atoms with E-state index in [4.69, 9.17) is 0 Å². The number of fused-ring (bicyclic) bond motifs is 1. The Morgan fingerprint density at radius 1 is 1.19 bits per heavy atom. The van der Waals surface area contributed by atoms with Crippen molar-refractivity contribution >= 4 is 17.6 Å². The molecule has 1 aliphatic heterocycles. The first-order chi connectivity index (χ1) is 12.9. The van der Waals surface area contributed by atoms with Crippen LogP contribution in [-0.4, -0.2) is 17.0 Å². The molecule has 0 aliphatic carbocycles. The zero-order valence-electron chi connectivity index (χ0n) is 14.9. The standard InChI is InChI=1S/C21H17N3O3/c1-13-6-8-15(9-7-13)11-24-18-14(2)4-3-5-16(18)21(12-23,20(24)27)17(10-22)19(25)26/h3-9,17H,11H2,1-2H3,(H,25,26). The van der Waals surface area contributed by atoms with Crippen LogP contribution in [0.3, 0.4) is 0 Å². The second kappa shape index (κ2) is 6.59. The maximum absolute atomic E-state index is 13.3. The van der Waals surface area contributed by atoms with Gasteiger partial charge in [0.1, 0.15) is 0 Å². The molecule has 1 aliphatic rings. The molecule has 0 spiro atoms. The van der Waals surface area contributed by atoms with Crippen molar-refractivity contribution in [3.63, 3.8) is 0 Å². The van der Waals surface area contributed by atoms with Crippen molar-refractivity contribution in [1.82, 2.24) is 0 Å². The summed E-state index contributed by atoms with van der Waals surface area (Å²) in [5, 5.41) is 28.8. The van der Waals surface area contributed by atoms with E-state index in [0.29, 0.717) is 5.69 Å². The van der Waals surface area contributed by atoms with Crippen molar-refractivity contribution < 1.29 is 14.7 Å². The molecule has 2 atom stereocenters. The Morgan fingerprint density at radius 3 is 2.41 bits per heavy atom. The first kappa shape index (κ1) is 18.2. The van der Waals surface area contributed by atoms with Crippen molar-refractivity contribution in [2.75, 3.05) is 4.90 Å². The summed E-state index contributed by atoms with van der Waals surface area (Å²) in [6.07, 6.45) is 0. The third-order valence-electron chi connectivity index (χ3n) is 4.96. The van der Waals surface area contributed by atoms with Gasteiger partial charge in [-0.15, -0.1) is 0 Å². The lowest BCUT2D eigenvalue weighted by Gasteiger charge is -2.24. The summed E-state index contributed by atoms with van der Waals surface area (Å²) < 4.78 is 0. The van der Waals surface area contributed by atoms with Gasteiger partial charge in [0.15, 0.2) is 11.3 Å². The van der Waals surface area contributed by atoms with Crippen LogP contribution in [0.5, 0.6) is 0 Å². The first-order valence-corrected chi connectivity index (χ1v) is 8.38. The molecule has 0 aromatic heterocycles.